The van der Waals surface area contributed by atoms with E-state index in [1.807, 2.05) is 13.8 Å². The largest absolute Gasteiger partial charge is 0.281 e. The molecule has 0 aliphatic heterocycles. The normalized spacial score (nSPS) is 11.0. The van der Waals surface area contributed by atoms with Crippen LogP contribution in [0.25, 0.3) is 10.2 Å². The predicted octanol–water partition coefficient (Wildman–Crippen LogP) is 2.99. The molecule has 0 saturated heterocycles. The Labute approximate surface area is 150 Å². The highest BCUT2D eigenvalue weighted by molar-refractivity contribution is 8.00. The van der Waals surface area contributed by atoms with Crippen LogP contribution in [0.4, 0.5) is 0 Å². The van der Waals surface area contributed by atoms with Gasteiger partial charge in [-0.2, -0.15) is 0 Å². The Kier molecular flexibility index (Phi) is 4.88. The summed E-state index contributed by atoms with van der Waals surface area (Å²) >= 11 is 8.67. The molecule has 3 heterocycles. The van der Waals surface area contributed by atoms with Gasteiger partial charge in [0.1, 0.15) is 16.2 Å². The Morgan fingerprint density at radius 3 is 2.96 bits per heavy atom. The Balaban J connectivity index is 1.76. The fraction of sp³-hybridized carbons (Fsp3) is 0.200. The maximum Gasteiger partial charge on any atom is 0.281 e. The van der Waals surface area contributed by atoms with Crippen LogP contribution in [0.1, 0.15) is 10.4 Å². The van der Waals surface area contributed by atoms with E-state index < -0.39 is 0 Å². The van der Waals surface area contributed by atoms with E-state index in [9.17, 15) is 9.59 Å². The topological polar surface area (TPSA) is 76.9 Å². The third-order valence-corrected chi connectivity index (χ3v) is 5.94. The lowest BCUT2D eigenvalue weighted by Crippen LogP contribution is -2.34. The van der Waals surface area contributed by atoms with Crippen LogP contribution in [0.3, 0.4) is 0 Å². The van der Waals surface area contributed by atoms with E-state index in [0.29, 0.717) is 20.3 Å². The number of thioether (sulfide) groups is 1. The molecule has 0 radical (unpaired) electrons. The number of thiophene rings is 1. The van der Waals surface area contributed by atoms with Gasteiger partial charge in [-0.1, -0.05) is 23.4 Å². The summed E-state index contributed by atoms with van der Waals surface area (Å²) in [6, 6.07) is 3.43. The zero-order valence-electron chi connectivity index (χ0n) is 12.9. The number of fused-ring (bicyclic) bond motifs is 1. The zero-order chi connectivity index (χ0) is 17.3. The minimum Gasteiger partial charge on any atom is -0.272 e. The number of aryl methyl sites for hydroxylation is 2. The summed E-state index contributed by atoms with van der Waals surface area (Å²) < 4.78 is 1.12. The molecule has 24 heavy (non-hydrogen) atoms. The molecule has 0 aromatic carbocycles. The van der Waals surface area contributed by atoms with Crippen molar-refractivity contribution in [3.8, 4) is 0 Å². The number of nitrogens with zero attached hydrogens (tertiary/aromatic N) is 3. The van der Waals surface area contributed by atoms with Crippen molar-refractivity contribution in [2.24, 2.45) is 0 Å². The molecule has 1 N–H and O–H groups in total. The fourth-order valence-electron chi connectivity index (χ4n) is 2.09. The third kappa shape index (κ3) is 3.31. The lowest BCUT2D eigenvalue weighted by atomic mass is 10.2. The van der Waals surface area contributed by atoms with Gasteiger partial charge >= 0.3 is 0 Å². The maximum absolute atomic E-state index is 12.5. The molecule has 0 aliphatic rings. The number of carbonyl (C=O) groups excluding carboxylic acids is 1. The van der Waals surface area contributed by atoms with Gasteiger partial charge < -0.3 is 0 Å². The summed E-state index contributed by atoms with van der Waals surface area (Å²) in [7, 11) is 0. The quantitative estimate of drug-likeness (QED) is 0.704. The molecule has 0 unspecified atom stereocenters. The maximum atomic E-state index is 12.5. The van der Waals surface area contributed by atoms with Gasteiger partial charge in [0.05, 0.1) is 16.2 Å². The molecule has 9 heteroatoms. The second kappa shape index (κ2) is 6.92. The molecule has 3 aromatic rings. The van der Waals surface area contributed by atoms with Crippen molar-refractivity contribution in [3.05, 3.63) is 50.5 Å². The average molecular weight is 381 g/mol. The summed E-state index contributed by atoms with van der Waals surface area (Å²) in [4.78, 5) is 34.6. The van der Waals surface area contributed by atoms with E-state index in [2.05, 4.69) is 15.4 Å². The van der Waals surface area contributed by atoms with E-state index in [0.717, 1.165) is 15.1 Å². The van der Waals surface area contributed by atoms with Crippen molar-refractivity contribution in [2.45, 2.75) is 18.9 Å². The highest BCUT2D eigenvalue weighted by Crippen LogP contribution is 2.25. The number of carbonyl (C=O) groups is 1. The molecular weight excluding hydrogens is 368 g/mol. The van der Waals surface area contributed by atoms with Gasteiger partial charge in [0.15, 0.2) is 0 Å². The van der Waals surface area contributed by atoms with Crippen molar-refractivity contribution in [1.29, 1.82) is 0 Å². The number of pyridine rings is 1. The van der Waals surface area contributed by atoms with Crippen molar-refractivity contribution >= 4 is 50.8 Å². The van der Waals surface area contributed by atoms with E-state index in [-0.39, 0.29) is 17.2 Å². The highest BCUT2D eigenvalue weighted by Gasteiger charge is 2.14. The lowest BCUT2D eigenvalue weighted by molar-refractivity contribution is -0.114. The Hall–Kier alpha value is -1.90. The van der Waals surface area contributed by atoms with Crippen LogP contribution in [0, 0.1) is 13.8 Å². The molecule has 3 rings (SSSR count). The van der Waals surface area contributed by atoms with E-state index in [1.54, 1.807) is 18.3 Å². The minimum atomic E-state index is -0.338. The van der Waals surface area contributed by atoms with Gasteiger partial charge in [-0.3, -0.25) is 15.0 Å². The summed E-state index contributed by atoms with van der Waals surface area (Å²) in [5, 5.41) is 1.60. The molecule has 0 spiro atoms. The van der Waals surface area contributed by atoms with Crippen LogP contribution in [0.15, 0.2) is 34.5 Å². The van der Waals surface area contributed by atoms with Gasteiger partial charge in [-0.25, -0.2) is 14.6 Å². The molecule has 0 atom stereocenters. The van der Waals surface area contributed by atoms with Crippen LogP contribution < -0.4 is 11.0 Å². The fourth-order valence-corrected chi connectivity index (χ4v) is 4.04. The average Bonchev–Trinajstić information content (AvgIpc) is 2.85. The number of nitrogens with one attached hydrogen (secondary N) is 1. The number of amides is 1. The molecule has 0 saturated carbocycles. The summed E-state index contributed by atoms with van der Waals surface area (Å²) in [6.45, 7) is 3.82. The first-order valence-corrected chi connectivity index (χ1v) is 9.16. The monoisotopic (exact) mass is 380 g/mol. The first-order chi connectivity index (χ1) is 11.5. The van der Waals surface area contributed by atoms with Crippen molar-refractivity contribution in [3.63, 3.8) is 0 Å². The van der Waals surface area contributed by atoms with Crippen molar-refractivity contribution in [1.82, 2.24) is 14.6 Å². The van der Waals surface area contributed by atoms with Crippen molar-refractivity contribution in [2.75, 3.05) is 11.2 Å². The second-order valence-corrected chi connectivity index (χ2v) is 7.57. The van der Waals surface area contributed by atoms with E-state index >= 15 is 0 Å². The van der Waals surface area contributed by atoms with Crippen molar-refractivity contribution < 1.29 is 4.79 Å². The van der Waals surface area contributed by atoms with Crippen LogP contribution in [-0.4, -0.2) is 26.3 Å². The highest BCUT2D eigenvalue weighted by atomic mass is 35.5. The Morgan fingerprint density at radius 2 is 2.21 bits per heavy atom. The third-order valence-electron chi connectivity index (χ3n) is 3.40. The molecule has 0 bridgehead atoms. The number of aromatic nitrogens is 3. The minimum absolute atomic E-state index is 0.0862. The van der Waals surface area contributed by atoms with Gasteiger partial charge in [0.25, 0.3) is 5.56 Å². The predicted molar refractivity (Wildman–Crippen MR) is 97.7 cm³/mol. The molecule has 3 aromatic heterocycles. The molecule has 0 fully saturated rings. The first kappa shape index (κ1) is 16.9. The van der Waals surface area contributed by atoms with Crippen LogP contribution >= 0.6 is 34.7 Å². The molecular formula is C15H13ClN4O2S2. The molecule has 124 valence electrons. The number of hydrogen-bond donors (Lipinski definition) is 1. The van der Waals surface area contributed by atoms with Gasteiger partial charge in [0.2, 0.25) is 5.91 Å². The Bertz CT molecular complexity index is 983. The van der Waals surface area contributed by atoms with Gasteiger partial charge in [0, 0.05) is 11.1 Å². The summed E-state index contributed by atoms with van der Waals surface area (Å²) in [5.74, 6) is -0.252. The van der Waals surface area contributed by atoms with Gasteiger partial charge in [-0.05, 0) is 31.5 Å². The standard InChI is InChI=1S/C15H13ClN4O2S2/c1-8-9(2)24-14-12(8)15(22)20(7-18-14)19-11(21)6-23-13-10(16)4-3-5-17-13/h3-5,7H,6H2,1-2H3,(H,19,21). The number of halogens is 1. The zero-order valence-corrected chi connectivity index (χ0v) is 15.3. The Morgan fingerprint density at radius 1 is 1.42 bits per heavy atom. The molecule has 1 amide bonds. The molecule has 0 aliphatic carbocycles. The van der Waals surface area contributed by atoms with E-state index in [1.165, 1.54) is 29.4 Å². The van der Waals surface area contributed by atoms with Crippen LogP contribution in [-0.2, 0) is 4.79 Å². The van der Waals surface area contributed by atoms with Crippen LogP contribution in [0.5, 0.6) is 0 Å². The SMILES string of the molecule is Cc1sc2ncn(NC(=O)CSc3ncccc3Cl)c(=O)c2c1C. The smallest absolute Gasteiger partial charge is 0.272 e. The summed E-state index contributed by atoms with van der Waals surface area (Å²) in [5.41, 5.74) is 3.16. The van der Waals surface area contributed by atoms with Gasteiger partial charge in [-0.15, -0.1) is 11.3 Å². The first-order valence-electron chi connectivity index (χ1n) is 6.98. The lowest BCUT2D eigenvalue weighted by Gasteiger charge is -2.08. The number of rotatable bonds is 4. The van der Waals surface area contributed by atoms with E-state index in [4.69, 9.17) is 11.6 Å². The number of hydrogen-bond acceptors (Lipinski definition) is 6. The second-order valence-electron chi connectivity index (χ2n) is 5.00. The molecule has 6 nitrogen and oxygen atoms in total. The van der Waals surface area contributed by atoms with Crippen LogP contribution in [0.2, 0.25) is 5.02 Å². The summed E-state index contributed by atoms with van der Waals surface area (Å²) in [6.07, 6.45) is 2.94.